The van der Waals surface area contributed by atoms with Gasteiger partial charge in [-0.1, -0.05) is 29.8 Å². The number of benzene rings is 1. The normalized spacial score (nSPS) is 12.1. The molecule has 0 aliphatic heterocycles. The summed E-state index contributed by atoms with van der Waals surface area (Å²) in [6.45, 7) is 6.31. The van der Waals surface area contributed by atoms with Crippen LogP contribution in [0.15, 0.2) is 24.3 Å². The minimum absolute atomic E-state index is 0.225. The standard InChI is InChI=1S/C14H20N2O/c1-3-17-9-5-8-16-14(11-15)13-7-4-6-12(2)10-13/h4,6-7,10,14,16H,3,5,8-9H2,1-2H3. The van der Waals surface area contributed by atoms with Crippen LogP contribution in [0.3, 0.4) is 0 Å². The van der Waals surface area contributed by atoms with Crippen LogP contribution < -0.4 is 5.32 Å². The topological polar surface area (TPSA) is 45.0 Å². The van der Waals surface area contributed by atoms with Crippen LogP contribution >= 0.6 is 0 Å². The lowest BCUT2D eigenvalue weighted by Gasteiger charge is -2.12. The highest BCUT2D eigenvalue weighted by molar-refractivity contribution is 5.28. The lowest BCUT2D eigenvalue weighted by Crippen LogP contribution is -2.22. The van der Waals surface area contributed by atoms with E-state index in [1.54, 1.807) is 0 Å². The van der Waals surface area contributed by atoms with Crippen molar-refractivity contribution in [2.45, 2.75) is 26.3 Å². The number of nitrogens with zero attached hydrogens (tertiary/aromatic N) is 1. The SMILES string of the molecule is CCOCCCNC(C#N)c1cccc(C)c1. The molecule has 0 saturated heterocycles. The van der Waals surface area contributed by atoms with E-state index in [1.807, 2.05) is 38.1 Å². The molecular formula is C14H20N2O. The molecule has 17 heavy (non-hydrogen) atoms. The lowest BCUT2D eigenvalue weighted by atomic mass is 10.1. The predicted octanol–water partition coefficient (Wildman–Crippen LogP) is 2.58. The van der Waals surface area contributed by atoms with Crippen LogP contribution in [0.4, 0.5) is 0 Å². The number of nitrogens with one attached hydrogen (secondary N) is 1. The van der Waals surface area contributed by atoms with Crippen molar-refractivity contribution in [1.29, 1.82) is 5.26 Å². The highest BCUT2D eigenvalue weighted by Crippen LogP contribution is 2.13. The molecule has 1 aromatic carbocycles. The second-order valence-corrected chi connectivity index (χ2v) is 3.98. The molecule has 0 spiro atoms. The largest absolute Gasteiger partial charge is 0.382 e. The van der Waals surface area contributed by atoms with Crippen molar-refractivity contribution in [1.82, 2.24) is 5.32 Å². The maximum absolute atomic E-state index is 9.13. The van der Waals surface area contributed by atoms with Crippen LogP contribution in [-0.2, 0) is 4.74 Å². The molecule has 1 atom stereocenters. The summed E-state index contributed by atoms with van der Waals surface area (Å²) in [4.78, 5) is 0. The molecule has 92 valence electrons. The van der Waals surface area contributed by atoms with Gasteiger partial charge >= 0.3 is 0 Å². The summed E-state index contributed by atoms with van der Waals surface area (Å²) in [6, 6.07) is 10.1. The van der Waals surface area contributed by atoms with Gasteiger partial charge in [0.05, 0.1) is 6.07 Å². The summed E-state index contributed by atoms with van der Waals surface area (Å²) in [7, 11) is 0. The Morgan fingerprint density at radius 2 is 2.29 bits per heavy atom. The molecule has 0 aromatic heterocycles. The van der Waals surface area contributed by atoms with E-state index >= 15 is 0 Å². The second kappa shape index (κ2) is 7.83. The first-order valence-electron chi connectivity index (χ1n) is 6.05. The van der Waals surface area contributed by atoms with E-state index in [-0.39, 0.29) is 6.04 Å². The van der Waals surface area contributed by atoms with Crippen LogP contribution in [0, 0.1) is 18.3 Å². The highest BCUT2D eigenvalue weighted by Gasteiger charge is 2.08. The predicted molar refractivity (Wildman–Crippen MR) is 68.6 cm³/mol. The average molecular weight is 232 g/mol. The van der Waals surface area contributed by atoms with Crippen LogP contribution in [0.2, 0.25) is 0 Å². The minimum Gasteiger partial charge on any atom is -0.382 e. The zero-order valence-electron chi connectivity index (χ0n) is 10.6. The molecule has 1 rings (SSSR count). The molecule has 0 amide bonds. The monoisotopic (exact) mass is 232 g/mol. The molecular weight excluding hydrogens is 212 g/mol. The Kier molecular flexibility index (Phi) is 6.31. The van der Waals surface area contributed by atoms with E-state index in [0.29, 0.717) is 0 Å². The minimum atomic E-state index is -0.225. The van der Waals surface area contributed by atoms with Gasteiger partial charge in [-0.3, -0.25) is 5.32 Å². The van der Waals surface area contributed by atoms with Gasteiger partial charge < -0.3 is 4.74 Å². The summed E-state index contributed by atoms with van der Waals surface area (Å²) < 4.78 is 5.25. The number of nitriles is 1. The molecule has 1 unspecified atom stereocenters. The Bertz CT molecular complexity index is 371. The molecule has 0 fully saturated rings. The van der Waals surface area contributed by atoms with Gasteiger partial charge in [-0.25, -0.2) is 0 Å². The zero-order chi connectivity index (χ0) is 12.5. The van der Waals surface area contributed by atoms with Crippen molar-refractivity contribution < 1.29 is 4.74 Å². The molecule has 1 aromatic rings. The second-order valence-electron chi connectivity index (χ2n) is 3.98. The van der Waals surface area contributed by atoms with Gasteiger partial charge in [-0.05, 0) is 32.4 Å². The quantitative estimate of drug-likeness (QED) is 0.735. The number of hydrogen-bond acceptors (Lipinski definition) is 3. The van der Waals surface area contributed by atoms with E-state index in [4.69, 9.17) is 10.00 Å². The summed E-state index contributed by atoms with van der Waals surface area (Å²) >= 11 is 0. The number of hydrogen-bond donors (Lipinski definition) is 1. The first kappa shape index (κ1) is 13.7. The third-order valence-electron chi connectivity index (χ3n) is 2.52. The Hall–Kier alpha value is -1.37. The Balaban J connectivity index is 2.41. The fourth-order valence-electron chi connectivity index (χ4n) is 1.65. The first-order valence-corrected chi connectivity index (χ1v) is 6.05. The summed E-state index contributed by atoms with van der Waals surface area (Å²) in [6.07, 6.45) is 0.928. The molecule has 0 saturated carbocycles. The summed E-state index contributed by atoms with van der Waals surface area (Å²) in [5.74, 6) is 0. The molecule has 0 bridgehead atoms. The van der Waals surface area contributed by atoms with E-state index in [9.17, 15) is 0 Å². The van der Waals surface area contributed by atoms with E-state index in [2.05, 4.69) is 11.4 Å². The molecule has 3 heteroatoms. The van der Waals surface area contributed by atoms with Crippen molar-refractivity contribution in [3.63, 3.8) is 0 Å². The molecule has 0 aliphatic carbocycles. The van der Waals surface area contributed by atoms with Gasteiger partial charge in [-0.2, -0.15) is 5.26 Å². The number of aryl methyl sites for hydroxylation is 1. The van der Waals surface area contributed by atoms with Crippen LogP contribution in [0.1, 0.15) is 30.5 Å². The Labute approximate surface area is 103 Å². The molecule has 0 heterocycles. The zero-order valence-corrected chi connectivity index (χ0v) is 10.6. The van der Waals surface area contributed by atoms with Crippen LogP contribution in [0.25, 0.3) is 0 Å². The third kappa shape index (κ3) is 4.99. The summed E-state index contributed by atoms with van der Waals surface area (Å²) in [5.41, 5.74) is 2.21. The fourth-order valence-corrected chi connectivity index (χ4v) is 1.65. The number of ether oxygens (including phenoxy) is 1. The van der Waals surface area contributed by atoms with Gasteiger partial charge in [-0.15, -0.1) is 0 Å². The Morgan fingerprint density at radius 1 is 1.47 bits per heavy atom. The smallest absolute Gasteiger partial charge is 0.121 e. The average Bonchev–Trinajstić information content (AvgIpc) is 2.34. The van der Waals surface area contributed by atoms with Crippen molar-refractivity contribution in [2.24, 2.45) is 0 Å². The molecule has 0 radical (unpaired) electrons. The van der Waals surface area contributed by atoms with E-state index in [1.165, 1.54) is 5.56 Å². The van der Waals surface area contributed by atoms with Crippen molar-refractivity contribution >= 4 is 0 Å². The van der Waals surface area contributed by atoms with E-state index in [0.717, 1.165) is 31.7 Å². The maximum atomic E-state index is 9.13. The van der Waals surface area contributed by atoms with Gasteiger partial charge in [0, 0.05) is 13.2 Å². The third-order valence-corrected chi connectivity index (χ3v) is 2.52. The van der Waals surface area contributed by atoms with Gasteiger partial charge in [0.1, 0.15) is 6.04 Å². The maximum Gasteiger partial charge on any atom is 0.121 e. The molecule has 0 aliphatic rings. The van der Waals surface area contributed by atoms with Gasteiger partial charge in [0.2, 0.25) is 0 Å². The summed E-state index contributed by atoms with van der Waals surface area (Å²) in [5, 5.41) is 12.4. The number of rotatable bonds is 7. The van der Waals surface area contributed by atoms with Crippen molar-refractivity contribution in [3.05, 3.63) is 35.4 Å². The fraction of sp³-hybridized carbons (Fsp3) is 0.500. The van der Waals surface area contributed by atoms with Crippen molar-refractivity contribution in [2.75, 3.05) is 19.8 Å². The van der Waals surface area contributed by atoms with E-state index < -0.39 is 0 Å². The van der Waals surface area contributed by atoms with Gasteiger partial charge in [0.25, 0.3) is 0 Å². The van der Waals surface area contributed by atoms with Crippen LogP contribution in [0.5, 0.6) is 0 Å². The lowest BCUT2D eigenvalue weighted by molar-refractivity contribution is 0.144. The Morgan fingerprint density at radius 3 is 2.94 bits per heavy atom. The molecule has 3 nitrogen and oxygen atoms in total. The first-order chi connectivity index (χ1) is 8.27. The molecule has 1 N–H and O–H groups in total. The van der Waals surface area contributed by atoms with Gasteiger partial charge in [0.15, 0.2) is 0 Å². The highest BCUT2D eigenvalue weighted by atomic mass is 16.5. The van der Waals surface area contributed by atoms with Crippen LogP contribution in [-0.4, -0.2) is 19.8 Å². The van der Waals surface area contributed by atoms with Crippen molar-refractivity contribution in [3.8, 4) is 6.07 Å².